The first kappa shape index (κ1) is 18.4. The van der Waals surface area contributed by atoms with Gasteiger partial charge in [-0.1, -0.05) is 33.1 Å². The van der Waals surface area contributed by atoms with Crippen LogP contribution in [-0.2, 0) is 4.57 Å². The molecule has 0 amide bonds. The molecule has 0 spiro atoms. The Morgan fingerprint density at radius 3 is 1.75 bits per heavy atom. The molecule has 0 fully saturated rings. The molecule has 0 bridgehead atoms. The van der Waals surface area contributed by atoms with Crippen LogP contribution in [0.2, 0.25) is 0 Å². The van der Waals surface area contributed by atoms with Crippen molar-refractivity contribution >= 4 is 7.82 Å². The molecule has 0 saturated carbocycles. The van der Waals surface area contributed by atoms with Gasteiger partial charge < -0.3 is 24.6 Å². The average molecular weight is 253 g/mol. The number of unbranched alkanes of at least 4 members (excludes halogenated alkanes) is 4. The van der Waals surface area contributed by atoms with Crippen LogP contribution < -0.4 is 20.0 Å². The number of hydrogen-bond donors (Lipinski definition) is 1. The molecule has 5 nitrogen and oxygen atoms in total. The fourth-order valence-electron chi connectivity index (χ4n) is 1.21. The zero-order chi connectivity index (χ0) is 12.9. The minimum absolute atomic E-state index is 1.34. The van der Waals surface area contributed by atoms with E-state index in [0.717, 1.165) is 0 Å². The predicted molar refractivity (Wildman–Crippen MR) is 58.3 cm³/mol. The van der Waals surface area contributed by atoms with Crippen LogP contribution in [-0.4, -0.2) is 13.1 Å². The predicted octanol–water partition coefficient (Wildman–Crippen LogP) is -0.894. The van der Waals surface area contributed by atoms with Crippen molar-refractivity contribution in [1.29, 1.82) is 0 Å². The zero-order valence-electron chi connectivity index (χ0n) is 10.3. The molecule has 0 saturated heterocycles. The van der Waals surface area contributed by atoms with Crippen molar-refractivity contribution in [2.75, 3.05) is 13.1 Å². The summed E-state index contributed by atoms with van der Waals surface area (Å²) in [5, 5.41) is 2.46. The molecule has 0 radical (unpaired) electrons. The van der Waals surface area contributed by atoms with Crippen molar-refractivity contribution in [3.8, 4) is 0 Å². The lowest BCUT2D eigenvalue weighted by atomic mass is 10.2. The van der Waals surface area contributed by atoms with Crippen molar-refractivity contribution in [2.24, 2.45) is 0 Å². The Morgan fingerprint density at radius 1 is 0.875 bits per heavy atom. The van der Waals surface area contributed by atoms with E-state index in [2.05, 4.69) is 19.2 Å². The van der Waals surface area contributed by atoms with Crippen molar-refractivity contribution in [3.63, 3.8) is 0 Å². The quantitative estimate of drug-likeness (QED) is 0.447. The third-order valence-corrected chi connectivity index (χ3v) is 2.02. The Morgan fingerprint density at radius 2 is 1.31 bits per heavy atom. The van der Waals surface area contributed by atoms with E-state index >= 15 is 0 Å². The highest BCUT2D eigenvalue weighted by molar-refractivity contribution is 7.40. The minimum atomic E-state index is -5.39. The second-order valence-corrected chi connectivity index (χ2v) is 4.62. The molecule has 0 aromatic carbocycles. The van der Waals surface area contributed by atoms with Crippen molar-refractivity contribution in [1.82, 2.24) is 0 Å². The molecule has 0 aliphatic rings. The third kappa shape index (κ3) is 36.9. The second-order valence-electron chi connectivity index (χ2n) is 3.73. The van der Waals surface area contributed by atoms with Crippen molar-refractivity contribution in [2.45, 2.75) is 52.4 Å². The van der Waals surface area contributed by atoms with Crippen LogP contribution in [0.4, 0.5) is 0 Å². The third-order valence-electron chi connectivity index (χ3n) is 2.02. The smallest absolute Gasteiger partial charge is 0.0755 e. The maximum atomic E-state index is 8.55. The molecule has 6 heteroatoms. The van der Waals surface area contributed by atoms with E-state index in [1.54, 1.807) is 0 Å². The Labute approximate surface area is 98.5 Å². The van der Waals surface area contributed by atoms with Gasteiger partial charge in [-0.25, -0.2) is 0 Å². The van der Waals surface area contributed by atoms with Crippen LogP contribution in [0.3, 0.4) is 0 Å². The summed E-state index contributed by atoms with van der Waals surface area (Å²) in [7, 11) is -5.39. The van der Waals surface area contributed by atoms with Gasteiger partial charge in [0.15, 0.2) is 0 Å². The zero-order valence-corrected chi connectivity index (χ0v) is 11.2. The summed E-state index contributed by atoms with van der Waals surface area (Å²) in [5.41, 5.74) is 0. The van der Waals surface area contributed by atoms with Crippen LogP contribution in [0.25, 0.3) is 0 Å². The first-order chi connectivity index (χ1) is 7.41. The van der Waals surface area contributed by atoms with E-state index < -0.39 is 7.82 Å². The molecule has 0 aliphatic carbocycles. The van der Waals surface area contributed by atoms with Crippen LogP contribution in [0.15, 0.2) is 0 Å². The first-order valence-corrected chi connectivity index (χ1v) is 7.42. The molecule has 0 aromatic heterocycles. The van der Waals surface area contributed by atoms with E-state index in [4.69, 9.17) is 19.2 Å². The monoisotopic (exact) mass is 253 g/mol. The summed E-state index contributed by atoms with van der Waals surface area (Å²) in [4.78, 5) is 25.6. The van der Waals surface area contributed by atoms with Gasteiger partial charge in [0.25, 0.3) is 0 Å². The van der Waals surface area contributed by atoms with Crippen molar-refractivity contribution in [3.05, 3.63) is 0 Å². The molecule has 0 rings (SSSR count). The Balaban J connectivity index is 0. The summed E-state index contributed by atoms with van der Waals surface area (Å²) >= 11 is 0. The van der Waals surface area contributed by atoms with Crippen LogP contribution in [0.1, 0.15) is 52.4 Å². The molecular weight excluding hydrogens is 229 g/mol. The van der Waals surface area contributed by atoms with Crippen LogP contribution in [0, 0.1) is 0 Å². The lowest BCUT2D eigenvalue weighted by Crippen LogP contribution is -2.84. The molecule has 0 aliphatic heterocycles. The lowest BCUT2D eigenvalue weighted by Gasteiger charge is -2.36. The lowest BCUT2D eigenvalue weighted by molar-refractivity contribution is -0.655. The van der Waals surface area contributed by atoms with Gasteiger partial charge in [-0.05, 0) is 19.3 Å². The highest BCUT2D eigenvalue weighted by atomic mass is 31.2. The van der Waals surface area contributed by atoms with Crippen LogP contribution in [0.5, 0.6) is 0 Å². The van der Waals surface area contributed by atoms with Gasteiger partial charge in [0, 0.05) is 0 Å². The normalized spacial score (nSPS) is 10.8. The minimum Gasteiger partial charge on any atom is -0.822 e. The van der Waals surface area contributed by atoms with Gasteiger partial charge in [-0.2, -0.15) is 7.82 Å². The topological polar surface area (TPSA) is 103 Å². The number of hydrogen-bond acceptors (Lipinski definition) is 4. The summed E-state index contributed by atoms with van der Waals surface area (Å²) < 4.78 is 8.55. The van der Waals surface area contributed by atoms with E-state index in [1.807, 2.05) is 0 Å². The Kier molecular flexibility index (Phi) is 15.1. The van der Waals surface area contributed by atoms with Crippen LogP contribution >= 0.6 is 7.82 Å². The van der Waals surface area contributed by atoms with Gasteiger partial charge in [-0.15, -0.1) is 0 Å². The Bertz CT molecular complexity index is 156. The summed E-state index contributed by atoms with van der Waals surface area (Å²) in [5.74, 6) is 0. The molecular formula is C10H24NO4P-2. The standard InChI is InChI=1S/C10H23N.H3O4P/c1-3-5-7-8-10-11-9-6-4-2;1-5(2,3)4/h11H,3-10H2,1-2H3;(H3,1,2,3,4)/p-2. The summed E-state index contributed by atoms with van der Waals surface area (Å²) in [6.07, 6.45) is 8.34. The first-order valence-electron chi connectivity index (χ1n) is 5.96. The largest absolute Gasteiger partial charge is 0.822 e. The molecule has 2 N–H and O–H groups in total. The average Bonchev–Trinajstić information content (AvgIpc) is 2.14. The molecule has 16 heavy (non-hydrogen) atoms. The maximum Gasteiger partial charge on any atom is 0.0755 e. The highest BCUT2D eigenvalue weighted by Crippen LogP contribution is 2.03. The number of rotatable bonds is 8. The maximum absolute atomic E-state index is 8.55. The second kappa shape index (κ2) is 13.1. The number of quaternary nitrogens is 1. The fourth-order valence-corrected chi connectivity index (χ4v) is 1.21. The van der Waals surface area contributed by atoms with Gasteiger partial charge in [0.1, 0.15) is 0 Å². The summed E-state index contributed by atoms with van der Waals surface area (Å²) in [6.45, 7) is 7.20. The van der Waals surface area contributed by atoms with Gasteiger partial charge in [-0.3, -0.25) is 0 Å². The highest BCUT2D eigenvalue weighted by Gasteiger charge is 1.90. The SMILES string of the molecule is CCCCCC[NH2+]CCCC.O=P([O-])([O-])[O-]. The number of phosphoric acid groups is 1. The molecule has 0 unspecified atom stereocenters. The molecule has 0 heterocycles. The molecule has 100 valence electrons. The number of nitrogens with two attached hydrogens (primary N) is 1. The Hall–Kier alpha value is 0.0700. The van der Waals surface area contributed by atoms with Crippen molar-refractivity contribution < 1.29 is 24.6 Å². The van der Waals surface area contributed by atoms with E-state index in [-0.39, 0.29) is 0 Å². The fraction of sp³-hybridized carbons (Fsp3) is 1.00. The van der Waals surface area contributed by atoms with E-state index in [9.17, 15) is 0 Å². The van der Waals surface area contributed by atoms with Gasteiger partial charge >= 0.3 is 0 Å². The van der Waals surface area contributed by atoms with E-state index in [1.165, 1.54) is 51.6 Å². The van der Waals surface area contributed by atoms with Gasteiger partial charge in [0.05, 0.1) is 13.1 Å². The molecule has 0 atom stereocenters. The molecule has 0 aromatic rings. The van der Waals surface area contributed by atoms with E-state index in [0.29, 0.717) is 0 Å². The van der Waals surface area contributed by atoms with Gasteiger partial charge in [0.2, 0.25) is 0 Å². The summed E-state index contributed by atoms with van der Waals surface area (Å²) in [6, 6.07) is 0.